The number of ether oxygens (including phenoxy) is 1. The van der Waals surface area contributed by atoms with Crippen LogP contribution < -0.4 is 5.73 Å². The Morgan fingerprint density at radius 3 is 3.12 bits per heavy atom. The zero-order chi connectivity index (χ0) is 11.4. The van der Waals surface area contributed by atoms with E-state index < -0.39 is 0 Å². The molecular weight excluding hydrogens is 200 g/mol. The Labute approximate surface area is 96.3 Å². The van der Waals surface area contributed by atoms with Crippen LogP contribution in [0.5, 0.6) is 0 Å². The van der Waals surface area contributed by atoms with Crippen LogP contribution >= 0.6 is 0 Å². The Balaban J connectivity index is 2.09. The Morgan fingerprint density at radius 2 is 2.31 bits per heavy atom. The van der Waals surface area contributed by atoms with Crippen molar-refractivity contribution in [3.05, 3.63) is 35.4 Å². The number of methoxy groups -OCH3 is 1. The molecule has 1 aliphatic carbocycles. The predicted molar refractivity (Wildman–Crippen MR) is 65.9 cm³/mol. The first kappa shape index (κ1) is 11.1. The molecule has 0 aliphatic heterocycles. The van der Waals surface area contributed by atoms with Gasteiger partial charge in [-0.25, -0.2) is 0 Å². The van der Waals surface area contributed by atoms with Crippen molar-refractivity contribution in [1.82, 2.24) is 0 Å². The zero-order valence-corrected chi connectivity index (χ0v) is 9.65. The van der Waals surface area contributed by atoms with Crippen LogP contribution in [0, 0.1) is 0 Å². The van der Waals surface area contributed by atoms with Crippen LogP contribution in [0.2, 0.25) is 0 Å². The summed E-state index contributed by atoms with van der Waals surface area (Å²) in [5, 5.41) is 0. The normalized spacial score (nSPS) is 19.8. The number of aliphatic imine (C=N–C) groups is 1. The Bertz CT molecular complexity index is 387. The molecule has 86 valence electrons. The minimum absolute atomic E-state index is 0.313. The van der Waals surface area contributed by atoms with Crippen molar-refractivity contribution in [3.8, 4) is 0 Å². The summed E-state index contributed by atoms with van der Waals surface area (Å²) in [6.07, 6.45) is 2.20. The van der Waals surface area contributed by atoms with Crippen molar-refractivity contribution < 1.29 is 4.74 Å². The molecule has 3 heteroatoms. The number of aryl methyl sites for hydroxylation is 1. The molecule has 0 saturated carbocycles. The van der Waals surface area contributed by atoms with E-state index in [2.05, 4.69) is 29.3 Å². The minimum Gasteiger partial charge on any atom is -0.387 e. The van der Waals surface area contributed by atoms with Gasteiger partial charge in [0, 0.05) is 13.0 Å². The summed E-state index contributed by atoms with van der Waals surface area (Å²) < 4.78 is 4.96. The van der Waals surface area contributed by atoms with Gasteiger partial charge >= 0.3 is 0 Å². The lowest BCUT2D eigenvalue weighted by atomic mass is 10.0. The van der Waals surface area contributed by atoms with Crippen molar-refractivity contribution in [3.63, 3.8) is 0 Å². The number of hydrogen-bond donors (Lipinski definition) is 1. The molecule has 0 spiro atoms. The van der Waals surface area contributed by atoms with Crippen LogP contribution in [0.25, 0.3) is 0 Å². The molecular formula is C13H18N2O. The molecule has 1 unspecified atom stereocenters. The molecule has 1 aromatic carbocycles. The Morgan fingerprint density at radius 1 is 1.50 bits per heavy atom. The van der Waals surface area contributed by atoms with Crippen LogP contribution in [-0.2, 0) is 11.2 Å². The highest BCUT2D eigenvalue weighted by Crippen LogP contribution is 2.32. The number of nitrogens with two attached hydrogens (primary N) is 1. The summed E-state index contributed by atoms with van der Waals surface area (Å²) in [5.74, 6) is 1.06. The molecule has 2 rings (SSSR count). The molecule has 0 heterocycles. The first-order valence-corrected chi connectivity index (χ1v) is 5.69. The number of hydrogen-bond acceptors (Lipinski definition) is 2. The molecule has 0 amide bonds. The summed E-state index contributed by atoms with van der Waals surface area (Å²) in [6, 6.07) is 8.49. The standard InChI is InChI=1S/C13H18N2O/c1-16-9-8-15-13(14)12-7-6-10-4-2-3-5-11(10)12/h2-5,12H,6-9H2,1H3,(H2,14,15). The van der Waals surface area contributed by atoms with Gasteiger partial charge in [-0.2, -0.15) is 0 Å². The average Bonchev–Trinajstić information content (AvgIpc) is 2.73. The highest BCUT2D eigenvalue weighted by atomic mass is 16.5. The highest BCUT2D eigenvalue weighted by molar-refractivity contribution is 5.88. The monoisotopic (exact) mass is 218 g/mol. The maximum atomic E-state index is 6.03. The fourth-order valence-corrected chi connectivity index (χ4v) is 2.24. The first-order valence-electron chi connectivity index (χ1n) is 5.69. The molecule has 2 N–H and O–H groups in total. The third-order valence-electron chi connectivity index (χ3n) is 3.08. The maximum Gasteiger partial charge on any atom is 0.101 e. The van der Waals surface area contributed by atoms with E-state index in [1.165, 1.54) is 11.1 Å². The molecule has 0 radical (unpaired) electrons. The molecule has 1 aliphatic rings. The van der Waals surface area contributed by atoms with Crippen molar-refractivity contribution >= 4 is 5.84 Å². The number of amidine groups is 1. The number of nitrogens with zero attached hydrogens (tertiary/aromatic N) is 1. The minimum atomic E-state index is 0.313. The maximum absolute atomic E-state index is 6.03. The third-order valence-corrected chi connectivity index (χ3v) is 3.08. The molecule has 0 aromatic heterocycles. The van der Waals surface area contributed by atoms with Gasteiger partial charge in [-0.1, -0.05) is 24.3 Å². The van der Waals surface area contributed by atoms with Crippen molar-refractivity contribution in [2.75, 3.05) is 20.3 Å². The second kappa shape index (κ2) is 5.12. The molecule has 16 heavy (non-hydrogen) atoms. The SMILES string of the molecule is COCCN=C(N)C1CCc2ccccc21. The van der Waals surface area contributed by atoms with E-state index in [9.17, 15) is 0 Å². The second-order valence-electron chi connectivity index (χ2n) is 4.09. The summed E-state index contributed by atoms with van der Waals surface area (Å²) in [7, 11) is 1.68. The summed E-state index contributed by atoms with van der Waals surface area (Å²) >= 11 is 0. The predicted octanol–water partition coefficient (Wildman–Crippen LogP) is 1.72. The van der Waals surface area contributed by atoms with E-state index in [-0.39, 0.29) is 0 Å². The Kier molecular flexibility index (Phi) is 3.57. The van der Waals surface area contributed by atoms with Gasteiger partial charge < -0.3 is 10.5 Å². The molecule has 0 fully saturated rings. The average molecular weight is 218 g/mol. The van der Waals surface area contributed by atoms with Crippen LogP contribution in [-0.4, -0.2) is 26.1 Å². The summed E-state index contributed by atoms with van der Waals surface area (Å²) in [4.78, 5) is 4.36. The molecule has 3 nitrogen and oxygen atoms in total. The van der Waals surface area contributed by atoms with E-state index in [1.54, 1.807) is 7.11 Å². The van der Waals surface area contributed by atoms with Crippen molar-refractivity contribution in [2.45, 2.75) is 18.8 Å². The second-order valence-corrected chi connectivity index (χ2v) is 4.09. The fraction of sp³-hybridized carbons (Fsp3) is 0.462. The number of rotatable bonds is 4. The van der Waals surface area contributed by atoms with Crippen LogP contribution in [0.3, 0.4) is 0 Å². The fourth-order valence-electron chi connectivity index (χ4n) is 2.24. The third kappa shape index (κ3) is 2.25. The van der Waals surface area contributed by atoms with Crippen LogP contribution in [0.4, 0.5) is 0 Å². The van der Waals surface area contributed by atoms with E-state index in [0.717, 1.165) is 18.7 Å². The van der Waals surface area contributed by atoms with Gasteiger partial charge in [-0.15, -0.1) is 0 Å². The van der Waals surface area contributed by atoms with Crippen molar-refractivity contribution in [2.24, 2.45) is 10.7 Å². The molecule has 0 bridgehead atoms. The van der Waals surface area contributed by atoms with Gasteiger partial charge in [-0.05, 0) is 24.0 Å². The topological polar surface area (TPSA) is 47.6 Å². The number of fused-ring (bicyclic) bond motifs is 1. The van der Waals surface area contributed by atoms with Crippen LogP contribution in [0.15, 0.2) is 29.3 Å². The largest absolute Gasteiger partial charge is 0.387 e. The molecule has 0 saturated heterocycles. The van der Waals surface area contributed by atoms with Gasteiger partial charge in [0.1, 0.15) is 5.84 Å². The lowest BCUT2D eigenvalue weighted by molar-refractivity contribution is 0.208. The lowest BCUT2D eigenvalue weighted by Crippen LogP contribution is -2.21. The summed E-state index contributed by atoms with van der Waals surface area (Å²) in [5.41, 5.74) is 8.79. The van der Waals surface area contributed by atoms with E-state index in [1.807, 2.05) is 0 Å². The highest BCUT2D eigenvalue weighted by Gasteiger charge is 2.24. The Hall–Kier alpha value is -1.35. The van der Waals surface area contributed by atoms with Gasteiger partial charge in [0.05, 0.1) is 13.2 Å². The lowest BCUT2D eigenvalue weighted by Gasteiger charge is -2.10. The first-order chi connectivity index (χ1) is 7.83. The smallest absolute Gasteiger partial charge is 0.101 e. The van der Waals surface area contributed by atoms with E-state index in [4.69, 9.17) is 10.5 Å². The zero-order valence-electron chi connectivity index (χ0n) is 9.65. The van der Waals surface area contributed by atoms with Crippen LogP contribution in [0.1, 0.15) is 23.5 Å². The van der Waals surface area contributed by atoms with Gasteiger partial charge in [0.25, 0.3) is 0 Å². The van der Waals surface area contributed by atoms with Gasteiger partial charge in [-0.3, -0.25) is 4.99 Å². The van der Waals surface area contributed by atoms with Gasteiger partial charge in [0.2, 0.25) is 0 Å². The quantitative estimate of drug-likeness (QED) is 0.475. The van der Waals surface area contributed by atoms with Crippen molar-refractivity contribution in [1.29, 1.82) is 0 Å². The van der Waals surface area contributed by atoms with Gasteiger partial charge in [0.15, 0.2) is 0 Å². The van der Waals surface area contributed by atoms with E-state index in [0.29, 0.717) is 19.1 Å². The molecule has 1 aromatic rings. The summed E-state index contributed by atoms with van der Waals surface area (Å²) in [6.45, 7) is 1.29. The van der Waals surface area contributed by atoms with E-state index >= 15 is 0 Å². The number of benzene rings is 1. The molecule has 1 atom stereocenters.